The molecule has 7 nitrogen and oxygen atoms in total. The number of nitro groups is 1. The Balaban J connectivity index is 1.65. The normalized spacial score (nSPS) is 14.3. The van der Waals surface area contributed by atoms with E-state index in [1.165, 1.54) is 30.3 Å². The van der Waals surface area contributed by atoms with E-state index >= 15 is 0 Å². The van der Waals surface area contributed by atoms with Gasteiger partial charge in [0, 0.05) is 42.8 Å². The van der Waals surface area contributed by atoms with Gasteiger partial charge in [-0.05, 0) is 36.4 Å². The van der Waals surface area contributed by atoms with Crippen molar-refractivity contribution in [2.45, 2.75) is 6.61 Å². The molecule has 2 aromatic carbocycles. The molecule has 10 heteroatoms. The van der Waals surface area contributed by atoms with Gasteiger partial charge >= 0.3 is 6.61 Å². The van der Waals surface area contributed by atoms with Crippen LogP contribution in [-0.2, 0) is 0 Å². The molecule has 0 radical (unpaired) electrons. The van der Waals surface area contributed by atoms with Crippen molar-refractivity contribution in [3.05, 3.63) is 63.2 Å². The maximum atomic E-state index is 12.6. The number of benzene rings is 2. The molecular weight excluding hydrogens is 396 g/mol. The maximum Gasteiger partial charge on any atom is 0.387 e. The highest BCUT2D eigenvalue weighted by Gasteiger charge is 2.26. The summed E-state index contributed by atoms with van der Waals surface area (Å²) in [4.78, 5) is 26.8. The van der Waals surface area contributed by atoms with Crippen molar-refractivity contribution < 1.29 is 23.2 Å². The SMILES string of the molecule is O=C(c1ccc(OC(F)F)cc1)N1CCN(c2ccc(Cl)cc2[N+](=O)[O-])CC1. The van der Waals surface area contributed by atoms with Crippen LogP contribution in [0.4, 0.5) is 20.2 Å². The standard InChI is InChI=1S/C18H16ClF2N3O4/c19-13-3-6-15(16(11-13)24(26)27)22-7-9-23(10-8-22)17(25)12-1-4-14(5-2-12)28-18(20)21/h1-6,11,18H,7-10H2. The Kier molecular flexibility index (Phi) is 5.93. The van der Waals surface area contributed by atoms with E-state index in [0.29, 0.717) is 37.4 Å². The van der Waals surface area contributed by atoms with Crippen molar-refractivity contribution in [3.8, 4) is 5.75 Å². The number of hydrogen-bond donors (Lipinski definition) is 0. The molecule has 0 atom stereocenters. The van der Waals surface area contributed by atoms with Gasteiger partial charge in [0.05, 0.1) is 4.92 Å². The number of hydrogen-bond acceptors (Lipinski definition) is 5. The summed E-state index contributed by atoms with van der Waals surface area (Å²) in [7, 11) is 0. The number of carbonyl (C=O) groups excluding carboxylic acids is 1. The summed E-state index contributed by atoms with van der Waals surface area (Å²) in [6.45, 7) is -1.35. The van der Waals surface area contributed by atoms with Crippen LogP contribution < -0.4 is 9.64 Å². The predicted molar refractivity (Wildman–Crippen MR) is 99.3 cm³/mol. The summed E-state index contributed by atoms with van der Waals surface area (Å²) < 4.78 is 28.7. The van der Waals surface area contributed by atoms with Gasteiger partial charge in [-0.3, -0.25) is 14.9 Å². The van der Waals surface area contributed by atoms with Crippen LogP contribution in [0.3, 0.4) is 0 Å². The molecule has 1 aliphatic rings. The maximum absolute atomic E-state index is 12.6. The molecule has 0 aliphatic carbocycles. The fraction of sp³-hybridized carbons (Fsp3) is 0.278. The number of ether oxygens (including phenoxy) is 1. The first kappa shape index (κ1) is 19.8. The molecule has 0 bridgehead atoms. The highest BCUT2D eigenvalue weighted by Crippen LogP contribution is 2.31. The molecule has 0 spiro atoms. The average molecular weight is 412 g/mol. The van der Waals surface area contributed by atoms with Crippen LogP contribution in [0.25, 0.3) is 0 Å². The summed E-state index contributed by atoms with van der Waals surface area (Å²) >= 11 is 5.84. The van der Waals surface area contributed by atoms with E-state index in [-0.39, 0.29) is 22.4 Å². The Hall–Kier alpha value is -2.94. The summed E-state index contributed by atoms with van der Waals surface area (Å²) in [6, 6.07) is 9.97. The zero-order chi connectivity index (χ0) is 20.3. The number of rotatable bonds is 5. The van der Waals surface area contributed by atoms with E-state index in [9.17, 15) is 23.7 Å². The number of nitrogens with zero attached hydrogens (tertiary/aromatic N) is 3. The highest BCUT2D eigenvalue weighted by molar-refractivity contribution is 6.30. The van der Waals surface area contributed by atoms with Gasteiger partial charge in [-0.1, -0.05) is 11.6 Å². The lowest BCUT2D eigenvalue weighted by atomic mass is 10.1. The van der Waals surface area contributed by atoms with Gasteiger partial charge in [0.25, 0.3) is 11.6 Å². The van der Waals surface area contributed by atoms with Crippen molar-refractivity contribution in [1.82, 2.24) is 4.90 Å². The second-order valence-electron chi connectivity index (χ2n) is 6.07. The minimum Gasteiger partial charge on any atom is -0.435 e. The smallest absolute Gasteiger partial charge is 0.387 e. The highest BCUT2D eigenvalue weighted by atomic mass is 35.5. The Morgan fingerprint density at radius 2 is 1.75 bits per heavy atom. The second kappa shape index (κ2) is 8.39. The first-order chi connectivity index (χ1) is 13.3. The van der Waals surface area contributed by atoms with Crippen molar-refractivity contribution >= 4 is 28.9 Å². The van der Waals surface area contributed by atoms with Gasteiger partial charge in [0.15, 0.2) is 0 Å². The van der Waals surface area contributed by atoms with Gasteiger partial charge < -0.3 is 14.5 Å². The topological polar surface area (TPSA) is 75.9 Å². The molecule has 1 amide bonds. The minimum absolute atomic E-state index is 0.0218. The Morgan fingerprint density at radius 1 is 1.11 bits per heavy atom. The largest absolute Gasteiger partial charge is 0.435 e. The van der Waals surface area contributed by atoms with Crippen molar-refractivity contribution in [3.63, 3.8) is 0 Å². The number of anilines is 1. The van der Waals surface area contributed by atoms with Crippen LogP contribution in [-0.4, -0.2) is 48.5 Å². The molecule has 28 heavy (non-hydrogen) atoms. The zero-order valence-corrected chi connectivity index (χ0v) is 15.3. The van der Waals surface area contributed by atoms with Gasteiger partial charge in [0.2, 0.25) is 0 Å². The molecule has 2 aromatic rings. The summed E-state index contributed by atoms with van der Waals surface area (Å²) in [6.07, 6.45) is 0. The molecule has 1 saturated heterocycles. The number of carbonyl (C=O) groups is 1. The molecule has 1 heterocycles. The van der Waals surface area contributed by atoms with Crippen molar-refractivity contribution in [1.29, 1.82) is 0 Å². The van der Waals surface area contributed by atoms with E-state index < -0.39 is 11.5 Å². The van der Waals surface area contributed by atoms with Crippen LogP contribution in [0, 0.1) is 10.1 Å². The van der Waals surface area contributed by atoms with Crippen molar-refractivity contribution in [2.75, 3.05) is 31.1 Å². The first-order valence-corrected chi connectivity index (χ1v) is 8.76. The minimum atomic E-state index is -2.92. The number of nitro benzene ring substituents is 1. The summed E-state index contributed by atoms with van der Waals surface area (Å²) in [5, 5.41) is 11.5. The van der Waals surface area contributed by atoms with Crippen LogP contribution in [0.5, 0.6) is 5.75 Å². The fourth-order valence-electron chi connectivity index (χ4n) is 3.02. The molecule has 3 rings (SSSR count). The van der Waals surface area contributed by atoms with E-state index in [0.717, 1.165) is 0 Å². The fourth-order valence-corrected chi connectivity index (χ4v) is 3.19. The van der Waals surface area contributed by atoms with Crippen LogP contribution in [0.1, 0.15) is 10.4 Å². The van der Waals surface area contributed by atoms with E-state index in [1.54, 1.807) is 17.0 Å². The number of alkyl halides is 2. The number of piperazine rings is 1. The van der Waals surface area contributed by atoms with E-state index in [1.807, 2.05) is 4.90 Å². The third-order valence-corrected chi connectivity index (χ3v) is 4.60. The van der Waals surface area contributed by atoms with Gasteiger partial charge in [-0.2, -0.15) is 8.78 Å². The lowest BCUT2D eigenvalue weighted by Crippen LogP contribution is -2.48. The van der Waals surface area contributed by atoms with Gasteiger partial charge in [0.1, 0.15) is 11.4 Å². The Labute approximate surface area is 164 Å². The Bertz CT molecular complexity index is 872. The lowest BCUT2D eigenvalue weighted by molar-refractivity contribution is -0.384. The number of amides is 1. The third-order valence-electron chi connectivity index (χ3n) is 4.37. The quantitative estimate of drug-likeness (QED) is 0.552. The van der Waals surface area contributed by atoms with Crippen LogP contribution in [0.15, 0.2) is 42.5 Å². The summed E-state index contributed by atoms with van der Waals surface area (Å²) in [5.74, 6) is -0.264. The molecule has 148 valence electrons. The lowest BCUT2D eigenvalue weighted by Gasteiger charge is -2.35. The van der Waals surface area contributed by atoms with Crippen LogP contribution in [0.2, 0.25) is 5.02 Å². The predicted octanol–water partition coefficient (Wildman–Crippen LogP) is 3.81. The molecular formula is C18H16ClF2N3O4. The van der Waals surface area contributed by atoms with E-state index in [2.05, 4.69) is 4.74 Å². The van der Waals surface area contributed by atoms with Crippen LogP contribution >= 0.6 is 11.6 Å². The van der Waals surface area contributed by atoms with Crippen molar-refractivity contribution in [2.24, 2.45) is 0 Å². The molecule has 1 aliphatic heterocycles. The summed E-state index contributed by atoms with van der Waals surface area (Å²) in [5.41, 5.74) is 0.726. The van der Waals surface area contributed by atoms with E-state index in [4.69, 9.17) is 11.6 Å². The number of halogens is 3. The third kappa shape index (κ3) is 4.48. The molecule has 0 saturated carbocycles. The zero-order valence-electron chi connectivity index (χ0n) is 14.6. The molecule has 0 unspecified atom stereocenters. The molecule has 0 N–H and O–H groups in total. The monoisotopic (exact) mass is 411 g/mol. The van der Waals surface area contributed by atoms with Gasteiger partial charge in [-0.25, -0.2) is 0 Å². The van der Waals surface area contributed by atoms with Gasteiger partial charge in [-0.15, -0.1) is 0 Å². The Morgan fingerprint density at radius 3 is 2.32 bits per heavy atom. The second-order valence-corrected chi connectivity index (χ2v) is 6.51. The molecule has 0 aromatic heterocycles. The average Bonchev–Trinajstić information content (AvgIpc) is 2.67. The first-order valence-electron chi connectivity index (χ1n) is 8.38. The molecule has 1 fully saturated rings.